The van der Waals surface area contributed by atoms with Crippen LogP contribution in [-0.4, -0.2) is 37.6 Å². The molecule has 4 nitrogen and oxygen atoms in total. The van der Waals surface area contributed by atoms with Gasteiger partial charge in [-0.2, -0.15) is 0 Å². The van der Waals surface area contributed by atoms with Crippen molar-refractivity contribution in [2.24, 2.45) is 11.1 Å². The minimum atomic E-state index is -0.348. The molecule has 1 fully saturated rings. The Balaban J connectivity index is 1.85. The van der Waals surface area contributed by atoms with Crippen LogP contribution in [0.25, 0.3) is 0 Å². The molecule has 0 spiro atoms. The zero-order valence-corrected chi connectivity index (χ0v) is 13.2. The molecule has 1 aromatic carbocycles. The fraction of sp³-hybridized carbons (Fsp3) is 0.562. The third-order valence-corrected chi connectivity index (χ3v) is 4.58. The van der Waals surface area contributed by atoms with Gasteiger partial charge in [0, 0.05) is 13.6 Å². The number of halogens is 1. The van der Waals surface area contributed by atoms with Gasteiger partial charge in [0.05, 0.1) is 17.0 Å². The maximum Gasteiger partial charge on any atom is 0.229 e. The standard InChI is InChI=1S/C16H23ClN2O2/c1-19(15(20)16(12-18)8-4-5-9-16)10-11-21-14-7-3-2-6-13(14)17/h2-3,6-7H,4-5,8-12,18H2,1H3. The predicted molar refractivity (Wildman–Crippen MR) is 84.5 cm³/mol. The number of rotatable bonds is 6. The Labute approximate surface area is 131 Å². The third kappa shape index (κ3) is 3.69. The highest BCUT2D eigenvalue weighted by molar-refractivity contribution is 6.32. The van der Waals surface area contributed by atoms with Gasteiger partial charge in [0.15, 0.2) is 0 Å². The van der Waals surface area contributed by atoms with Gasteiger partial charge in [-0.1, -0.05) is 36.6 Å². The number of hydrogen-bond donors (Lipinski definition) is 1. The van der Waals surface area contributed by atoms with Gasteiger partial charge in [-0.15, -0.1) is 0 Å². The number of likely N-dealkylation sites (N-methyl/N-ethyl adjacent to an activating group) is 1. The molecule has 2 N–H and O–H groups in total. The molecule has 0 atom stereocenters. The fourth-order valence-electron chi connectivity index (χ4n) is 2.92. The molecule has 0 aromatic heterocycles. The van der Waals surface area contributed by atoms with Crippen molar-refractivity contribution in [3.05, 3.63) is 29.3 Å². The van der Waals surface area contributed by atoms with Gasteiger partial charge in [-0.05, 0) is 25.0 Å². The summed E-state index contributed by atoms with van der Waals surface area (Å²) in [6.45, 7) is 1.39. The molecule has 116 valence electrons. The topological polar surface area (TPSA) is 55.6 Å². The molecule has 0 heterocycles. The van der Waals surface area contributed by atoms with E-state index in [4.69, 9.17) is 22.1 Å². The van der Waals surface area contributed by atoms with Gasteiger partial charge in [-0.25, -0.2) is 0 Å². The lowest BCUT2D eigenvalue weighted by atomic mass is 9.85. The summed E-state index contributed by atoms with van der Waals surface area (Å²) in [5.41, 5.74) is 5.50. The van der Waals surface area contributed by atoms with Crippen molar-refractivity contribution in [1.29, 1.82) is 0 Å². The Hall–Kier alpha value is -1.26. The van der Waals surface area contributed by atoms with E-state index in [1.807, 2.05) is 25.2 Å². The monoisotopic (exact) mass is 310 g/mol. The smallest absolute Gasteiger partial charge is 0.229 e. The van der Waals surface area contributed by atoms with E-state index < -0.39 is 0 Å². The van der Waals surface area contributed by atoms with Crippen molar-refractivity contribution in [1.82, 2.24) is 4.90 Å². The summed E-state index contributed by atoms with van der Waals surface area (Å²) in [6, 6.07) is 7.34. The zero-order valence-electron chi connectivity index (χ0n) is 12.5. The predicted octanol–water partition coefficient (Wildman–Crippen LogP) is 2.70. The van der Waals surface area contributed by atoms with Crippen LogP contribution in [-0.2, 0) is 4.79 Å². The van der Waals surface area contributed by atoms with Gasteiger partial charge < -0.3 is 15.4 Å². The number of amides is 1. The Kier molecular flexibility index (Phi) is 5.48. The van der Waals surface area contributed by atoms with E-state index in [-0.39, 0.29) is 11.3 Å². The molecule has 0 saturated heterocycles. The van der Waals surface area contributed by atoms with E-state index >= 15 is 0 Å². The first kappa shape index (κ1) is 16.1. The van der Waals surface area contributed by atoms with Gasteiger partial charge in [-0.3, -0.25) is 4.79 Å². The summed E-state index contributed by atoms with van der Waals surface area (Å²) in [5, 5.41) is 0.584. The molecule has 21 heavy (non-hydrogen) atoms. The van der Waals surface area contributed by atoms with Crippen LogP contribution >= 0.6 is 11.6 Å². The molecule has 0 bridgehead atoms. The molecule has 0 aliphatic heterocycles. The molecule has 1 amide bonds. The van der Waals surface area contributed by atoms with E-state index in [0.29, 0.717) is 30.5 Å². The minimum absolute atomic E-state index is 0.144. The van der Waals surface area contributed by atoms with Crippen LogP contribution in [0.15, 0.2) is 24.3 Å². The largest absolute Gasteiger partial charge is 0.490 e. The number of nitrogens with two attached hydrogens (primary N) is 1. The molecule has 2 rings (SSSR count). The van der Waals surface area contributed by atoms with Crippen LogP contribution in [0.5, 0.6) is 5.75 Å². The second kappa shape index (κ2) is 7.14. The molecule has 1 aliphatic rings. The maximum absolute atomic E-state index is 12.6. The second-order valence-corrected chi connectivity index (χ2v) is 6.10. The van der Waals surface area contributed by atoms with Gasteiger partial charge >= 0.3 is 0 Å². The molecule has 1 aliphatic carbocycles. The molecule has 0 unspecified atom stereocenters. The van der Waals surface area contributed by atoms with Crippen LogP contribution in [0.4, 0.5) is 0 Å². The van der Waals surface area contributed by atoms with Crippen LogP contribution in [0.2, 0.25) is 5.02 Å². The van der Waals surface area contributed by atoms with Crippen LogP contribution in [0.1, 0.15) is 25.7 Å². The van der Waals surface area contributed by atoms with E-state index in [1.54, 1.807) is 11.0 Å². The highest BCUT2D eigenvalue weighted by Gasteiger charge is 2.41. The number of ether oxygens (including phenoxy) is 1. The molecule has 0 radical (unpaired) electrons. The summed E-state index contributed by atoms with van der Waals surface area (Å²) < 4.78 is 5.63. The van der Waals surface area contributed by atoms with Gasteiger partial charge in [0.2, 0.25) is 5.91 Å². The Morgan fingerprint density at radius 3 is 2.67 bits per heavy atom. The normalized spacial score (nSPS) is 16.7. The SMILES string of the molecule is CN(CCOc1ccccc1Cl)C(=O)C1(CN)CCCC1. The quantitative estimate of drug-likeness (QED) is 0.879. The van der Waals surface area contributed by atoms with Crippen molar-refractivity contribution in [2.45, 2.75) is 25.7 Å². The van der Waals surface area contributed by atoms with Crippen molar-refractivity contribution < 1.29 is 9.53 Å². The first-order chi connectivity index (χ1) is 10.1. The number of hydrogen-bond acceptors (Lipinski definition) is 3. The Bertz CT molecular complexity index is 487. The number of carbonyl (C=O) groups is 1. The first-order valence-corrected chi connectivity index (χ1v) is 7.80. The molecule has 1 saturated carbocycles. The number of para-hydroxylation sites is 1. The minimum Gasteiger partial charge on any atom is -0.490 e. The summed E-state index contributed by atoms with van der Waals surface area (Å²) >= 11 is 6.03. The Morgan fingerprint density at radius 2 is 2.05 bits per heavy atom. The van der Waals surface area contributed by atoms with Crippen LogP contribution in [0.3, 0.4) is 0 Å². The summed E-state index contributed by atoms with van der Waals surface area (Å²) in [5.74, 6) is 0.791. The average molecular weight is 311 g/mol. The van der Waals surface area contributed by atoms with Crippen molar-refractivity contribution in [3.63, 3.8) is 0 Å². The summed E-state index contributed by atoms with van der Waals surface area (Å²) in [4.78, 5) is 14.3. The molecular weight excluding hydrogens is 288 g/mol. The van der Waals surface area contributed by atoms with Crippen molar-refractivity contribution >= 4 is 17.5 Å². The lowest BCUT2D eigenvalue weighted by Gasteiger charge is -2.31. The lowest BCUT2D eigenvalue weighted by molar-refractivity contribution is -0.140. The highest BCUT2D eigenvalue weighted by atomic mass is 35.5. The van der Waals surface area contributed by atoms with Gasteiger partial charge in [0.25, 0.3) is 0 Å². The fourth-order valence-corrected chi connectivity index (χ4v) is 3.11. The van der Waals surface area contributed by atoms with E-state index in [0.717, 1.165) is 25.7 Å². The van der Waals surface area contributed by atoms with Crippen molar-refractivity contribution in [2.75, 3.05) is 26.7 Å². The maximum atomic E-state index is 12.6. The van der Waals surface area contributed by atoms with Gasteiger partial charge in [0.1, 0.15) is 12.4 Å². The van der Waals surface area contributed by atoms with E-state index in [2.05, 4.69) is 0 Å². The number of benzene rings is 1. The number of carbonyl (C=O) groups excluding carboxylic acids is 1. The lowest BCUT2D eigenvalue weighted by Crippen LogP contribution is -2.46. The molecular formula is C16H23ClN2O2. The molecule has 1 aromatic rings. The van der Waals surface area contributed by atoms with E-state index in [9.17, 15) is 4.79 Å². The second-order valence-electron chi connectivity index (χ2n) is 5.70. The highest BCUT2D eigenvalue weighted by Crippen LogP contribution is 2.38. The number of nitrogens with zero attached hydrogens (tertiary/aromatic N) is 1. The van der Waals surface area contributed by atoms with E-state index in [1.165, 1.54) is 0 Å². The summed E-state index contributed by atoms with van der Waals surface area (Å²) in [6.07, 6.45) is 3.98. The zero-order chi connectivity index (χ0) is 15.3. The average Bonchev–Trinajstić information content (AvgIpc) is 2.98. The van der Waals surface area contributed by atoms with Crippen molar-refractivity contribution in [3.8, 4) is 5.75 Å². The molecule has 5 heteroatoms. The Morgan fingerprint density at radius 1 is 1.38 bits per heavy atom. The van der Waals surface area contributed by atoms with Crippen LogP contribution in [0, 0.1) is 5.41 Å². The van der Waals surface area contributed by atoms with Crippen LogP contribution < -0.4 is 10.5 Å². The third-order valence-electron chi connectivity index (χ3n) is 4.27. The summed E-state index contributed by atoms with van der Waals surface area (Å²) in [7, 11) is 1.81. The first-order valence-electron chi connectivity index (χ1n) is 7.42.